The standard InChI is InChI=1S/C14H14F2NO/c15-13-7-6-12(14(16)8-13)10-18-17-9-11-4-2-1-3-5-11/h4,6-8H,1-3,5,10H2. The van der Waals surface area contributed by atoms with Crippen molar-refractivity contribution in [3.05, 3.63) is 47.0 Å². The van der Waals surface area contributed by atoms with E-state index < -0.39 is 11.6 Å². The molecule has 95 valence electrons. The summed E-state index contributed by atoms with van der Waals surface area (Å²) in [5, 5.41) is 3.68. The van der Waals surface area contributed by atoms with Crippen LogP contribution in [0.25, 0.3) is 0 Å². The lowest BCUT2D eigenvalue weighted by atomic mass is 10.0. The zero-order chi connectivity index (χ0) is 12.8. The Labute approximate surface area is 105 Å². The Kier molecular flexibility index (Phi) is 4.45. The number of hydrogen-bond acceptors (Lipinski definition) is 2. The van der Waals surface area contributed by atoms with Crippen LogP contribution in [0.1, 0.15) is 31.2 Å². The molecule has 0 saturated carbocycles. The van der Waals surface area contributed by atoms with E-state index in [9.17, 15) is 8.78 Å². The van der Waals surface area contributed by atoms with E-state index >= 15 is 0 Å². The van der Waals surface area contributed by atoms with Gasteiger partial charge in [0.05, 0.1) is 0 Å². The summed E-state index contributed by atoms with van der Waals surface area (Å²) in [6.45, 7) is -0.0214. The van der Waals surface area contributed by atoms with Gasteiger partial charge in [0.2, 0.25) is 0 Å². The first-order valence-electron chi connectivity index (χ1n) is 5.96. The van der Waals surface area contributed by atoms with Crippen molar-refractivity contribution in [2.75, 3.05) is 0 Å². The van der Waals surface area contributed by atoms with Crippen LogP contribution in [0, 0.1) is 11.6 Å². The third kappa shape index (κ3) is 3.65. The van der Waals surface area contributed by atoms with E-state index in [4.69, 9.17) is 4.84 Å². The first-order valence-corrected chi connectivity index (χ1v) is 5.96. The predicted octanol–water partition coefficient (Wildman–Crippen LogP) is 3.84. The highest BCUT2D eigenvalue weighted by Crippen LogP contribution is 2.15. The molecular weight excluding hydrogens is 236 g/mol. The van der Waals surface area contributed by atoms with Gasteiger partial charge in [-0.15, -0.1) is 0 Å². The van der Waals surface area contributed by atoms with Crippen LogP contribution in [-0.2, 0) is 11.4 Å². The smallest absolute Gasteiger partial charge is 0.145 e. The number of rotatable bonds is 4. The highest BCUT2D eigenvalue weighted by molar-refractivity contribution is 5.78. The first kappa shape index (κ1) is 12.7. The molecule has 0 aromatic heterocycles. The van der Waals surface area contributed by atoms with Crippen molar-refractivity contribution in [3.8, 4) is 0 Å². The van der Waals surface area contributed by atoms with Gasteiger partial charge in [-0.1, -0.05) is 11.2 Å². The van der Waals surface area contributed by atoms with Crippen LogP contribution in [0.3, 0.4) is 0 Å². The first-order chi connectivity index (χ1) is 8.75. The van der Waals surface area contributed by atoms with Gasteiger partial charge in [0, 0.05) is 11.6 Å². The predicted molar refractivity (Wildman–Crippen MR) is 65.1 cm³/mol. The molecule has 4 heteroatoms. The van der Waals surface area contributed by atoms with Crippen LogP contribution in [0.5, 0.6) is 0 Å². The fourth-order valence-electron chi connectivity index (χ4n) is 1.77. The van der Waals surface area contributed by atoms with Gasteiger partial charge in [0.25, 0.3) is 0 Å². The average molecular weight is 250 g/mol. The molecule has 1 aromatic rings. The lowest BCUT2D eigenvalue weighted by Gasteiger charge is -2.06. The monoisotopic (exact) mass is 250 g/mol. The Bertz CT molecular complexity index is 469. The van der Waals surface area contributed by atoms with E-state index in [1.54, 1.807) is 0 Å². The molecule has 18 heavy (non-hydrogen) atoms. The van der Waals surface area contributed by atoms with Crippen LogP contribution in [0.4, 0.5) is 8.78 Å². The van der Waals surface area contributed by atoms with Crippen LogP contribution in [0.15, 0.2) is 35.0 Å². The average Bonchev–Trinajstić information content (AvgIpc) is 2.38. The summed E-state index contributed by atoms with van der Waals surface area (Å²) < 4.78 is 25.9. The summed E-state index contributed by atoms with van der Waals surface area (Å²) in [4.78, 5) is 4.95. The minimum Gasteiger partial charge on any atom is -0.390 e. The zero-order valence-corrected chi connectivity index (χ0v) is 9.96. The number of nitrogens with zero attached hydrogens (tertiary/aromatic N) is 1. The van der Waals surface area contributed by atoms with E-state index in [2.05, 4.69) is 17.4 Å². The summed E-state index contributed by atoms with van der Waals surface area (Å²) in [5.74, 6) is -1.22. The maximum Gasteiger partial charge on any atom is 0.145 e. The normalized spacial score (nSPS) is 15.8. The maximum absolute atomic E-state index is 13.2. The van der Waals surface area contributed by atoms with E-state index in [0.29, 0.717) is 0 Å². The van der Waals surface area contributed by atoms with Crippen LogP contribution < -0.4 is 0 Å². The lowest BCUT2D eigenvalue weighted by molar-refractivity contribution is 0.129. The van der Waals surface area contributed by atoms with Gasteiger partial charge >= 0.3 is 0 Å². The van der Waals surface area contributed by atoms with Crippen molar-refractivity contribution in [2.24, 2.45) is 5.16 Å². The summed E-state index contributed by atoms with van der Waals surface area (Å²) in [5.41, 5.74) is 1.31. The fourth-order valence-corrected chi connectivity index (χ4v) is 1.77. The molecule has 0 saturated heterocycles. The molecule has 1 aromatic carbocycles. The summed E-state index contributed by atoms with van der Waals surface area (Å²) in [7, 11) is 0. The van der Waals surface area contributed by atoms with Gasteiger partial charge in [0.15, 0.2) is 0 Å². The van der Waals surface area contributed by atoms with E-state index in [-0.39, 0.29) is 12.2 Å². The second-order valence-corrected chi connectivity index (χ2v) is 4.19. The Morgan fingerprint density at radius 2 is 2.17 bits per heavy atom. The molecule has 0 heterocycles. The molecule has 0 unspecified atom stereocenters. The van der Waals surface area contributed by atoms with Gasteiger partial charge in [-0.3, -0.25) is 0 Å². The molecule has 0 fully saturated rings. The van der Waals surface area contributed by atoms with Crippen molar-refractivity contribution in [3.63, 3.8) is 0 Å². The lowest BCUT2D eigenvalue weighted by Crippen LogP contribution is -1.95. The van der Waals surface area contributed by atoms with Crippen LogP contribution in [0.2, 0.25) is 0 Å². The van der Waals surface area contributed by atoms with Crippen molar-refractivity contribution in [1.82, 2.24) is 0 Å². The molecule has 2 nitrogen and oxygen atoms in total. The molecule has 2 rings (SSSR count). The van der Waals surface area contributed by atoms with E-state index in [0.717, 1.165) is 30.9 Å². The highest BCUT2D eigenvalue weighted by Gasteiger charge is 2.04. The molecule has 1 radical (unpaired) electrons. The quantitative estimate of drug-likeness (QED) is 0.587. The zero-order valence-electron chi connectivity index (χ0n) is 9.96. The third-order valence-corrected chi connectivity index (χ3v) is 2.78. The highest BCUT2D eigenvalue weighted by atomic mass is 19.1. The molecule has 1 aliphatic rings. The second kappa shape index (κ2) is 6.28. The van der Waals surface area contributed by atoms with E-state index in [1.165, 1.54) is 18.6 Å². The Morgan fingerprint density at radius 1 is 1.28 bits per heavy atom. The topological polar surface area (TPSA) is 21.6 Å². The number of halogens is 2. The van der Waals surface area contributed by atoms with Gasteiger partial charge in [-0.2, -0.15) is 0 Å². The maximum atomic E-state index is 13.2. The minimum atomic E-state index is -0.623. The van der Waals surface area contributed by atoms with Crippen LogP contribution >= 0.6 is 0 Å². The van der Waals surface area contributed by atoms with Gasteiger partial charge < -0.3 is 4.84 Å². The Morgan fingerprint density at radius 3 is 2.89 bits per heavy atom. The summed E-state index contributed by atoms with van der Waals surface area (Å²) in [6.07, 6.45) is 9.21. The minimum absolute atomic E-state index is 0.0214. The van der Waals surface area contributed by atoms with Gasteiger partial charge in [-0.05, 0) is 43.4 Å². The number of allylic oxidation sites excluding steroid dienone is 2. The largest absolute Gasteiger partial charge is 0.390 e. The van der Waals surface area contributed by atoms with Gasteiger partial charge in [0.1, 0.15) is 24.5 Å². The number of hydrogen-bond donors (Lipinski definition) is 0. The van der Waals surface area contributed by atoms with Crippen LogP contribution in [-0.4, -0.2) is 6.21 Å². The van der Waals surface area contributed by atoms with Crippen molar-refractivity contribution < 1.29 is 13.6 Å². The fraction of sp³-hybridized carbons (Fsp3) is 0.357. The van der Waals surface area contributed by atoms with Gasteiger partial charge in [-0.25, -0.2) is 8.78 Å². The number of benzene rings is 1. The summed E-state index contributed by atoms with van der Waals surface area (Å²) in [6, 6.07) is 3.37. The molecule has 1 aliphatic carbocycles. The molecular formula is C14H14F2NO. The molecule has 0 aliphatic heterocycles. The van der Waals surface area contributed by atoms with Crippen molar-refractivity contribution >= 4 is 6.21 Å². The van der Waals surface area contributed by atoms with Crippen molar-refractivity contribution in [1.29, 1.82) is 0 Å². The summed E-state index contributed by atoms with van der Waals surface area (Å²) >= 11 is 0. The molecule has 0 N–H and O–H groups in total. The molecule has 0 atom stereocenters. The second-order valence-electron chi connectivity index (χ2n) is 4.19. The SMILES string of the molecule is Fc1ccc(CO/N=[C]\C2=CCCCC2)c(F)c1. The van der Waals surface area contributed by atoms with E-state index in [1.807, 2.05) is 0 Å². The molecule has 0 amide bonds. The Hall–Kier alpha value is -1.71. The molecule has 0 bridgehead atoms. The van der Waals surface area contributed by atoms with Crippen molar-refractivity contribution in [2.45, 2.75) is 32.3 Å². The Balaban J connectivity index is 1.84. The molecule has 0 spiro atoms. The third-order valence-electron chi connectivity index (χ3n) is 2.78.